The lowest BCUT2D eigenvalue weighted by Gasteiger charge is -2.28. The molecule has 1 rings (SSSR count). The van der Waals surface area contributed by atoms with E-state index in [4.69, 9.17) is 14.2 Å². The summed E-state index contributed by atoms with van der Waals surface area (Å²) in [6, 6.07) is 7.60. The van der Waals surface area contributed by atoms with Crippen LogP contribution in [-0.4, -0.2) is 47.7 Å². The number of carbonyl (C=O) groups is 4. The first-order valence-corrected chi connectivity index (χ1v) is 18.0. The van der Waals surface area contributed by atoms with Crippen LogP contribution in [-0.2, 0) is 35.2 Å². The van der Waals surface area contributed by atoms with Crippen LogP contribution in [0.2, 0.25) is 0 Å². The molecule has 0 aliphatic heterocycles. The molecule has 0 saturated carbocycles. The lowest BCUT2D eigenvalue weighted by atomic mass is 9.97. The summed E-state index contributed by atoms with van der Waals surface area (Å²) in [5.41, 5.74) is 0.154. The first-order chi connectivity index (χ1) is 22.2. The van der Waals surface area contributed by atoms with Gasteiger partial charge in [-0.05, 0) is 57.4 Å². The fourth-order valence-corrected chi connectivity index (χ4v) is 5.18. The molecule has 0 saturated heterocycles. The molecule has 1 aromatic rings. The lowest BCUT2D eigenvalue weighted by molar-refractivity contribution is -0.160. The summed E-state index contributed by atoms with van der Waals surface area (Å²) in [6.07, 6.45) is 10.4. The smallest absolute Gasteiger partial charge is 0.408 e. The normalized spacial score (nSPS) is 14.1. The standard InChI is InChI=1S/C38H64N2O7/c1-9-11-12-13-14-15-16-17-21-24-31(26-33(41)45-27-30-22-19-18-20-23-30)46-36(43)34(29(5)10-2)40-35(42)32(25-28(3)4)39-37(44)47-38(6,7)8/h18-20,22-23,28-29,31-32,34H,9-17,21,24-27H2,1-8H3,(H,39,44)(H,40,42)/t29-,31?,32+,34-/m0/s1. The number of carbonyl (C=O) groups excluding carboxylic acids is 4. The van der Waals surface area contributed by atoms with Crippen molar-refractivity contribution in [2.75, 3.05) is 0 Å². The van der Waals surface area contributed by atoms with Crippen molar-refractivity contribution in [2.45, 2.75) is 169 Å². The van der Waals surface area contributed by atoms with Crippen molar-refractivity contribution in [2.24, 2.45) is 11.8 Å². The van der Waals surface area contributed by atoms with Crippen LogP contribution in [0.15, 0.2) is 30.3 Å². The Kier molecular flexibility index (Phi) is 20.7. The van der Waals surface area contributed by atoms with Gasteiger partial charge in [0.2, 0.25) is 5.91 Å². The van der Waals surface area contributed by atoms with E-state index in [1.165, 1.54) is 38.5 Å². The topological polar surface area (TPSA) is 120 Å². The van der Waals surface area contributed by atoms with Gasteiger partial charge in [0, 0.05) is 0 Å². The zero-order chi connectivity index (χ0) is 35.2. The molecule has 2 N–H and O–H groups in total. The Morgan fingerprint density at radius 1 is 0.809 bits per heavy atom. The third kappa shape index (κ3) is 20.0. The summed E-state index contributed by atoms with van der Waals surface area (Å²) < 4.78 is 16.9. The second-order valence-electron chi connectivity index (χ2n) is 14.2. The Labute approximate surface area is 284 Å². The van der Waals surface area contributed by atoms with Crippen LogP contribution in [0.5, 0.6) is 0 Å². The van der Waals surface area contributed by atoms with Gasteiger partial charge in [-0.3, -0.25) is 9.59 Å². The monoisotopic (exact) mass is 660 g/mol. The molecule has 47 heavy (non-hydrogen) atoms. The quantitative estimate of drug-likeness (QED) is 0.0687. The number of alkyl carbamates (subject to hydrolysis) is 1. The lowest BCUT2D eigenvalue weighted by Crippen LogP contribution is -2.55. The van der Waals surface area contributed by atoms with Gasteiger partial charge in [-0.1, -0.05) is 123 Å². The van der Waals surface area contributed by atoms with E-state index in [2.05, 4.69) is 17.6 Å². The van der Waals surface area contributed by atoms with Gasteiger partial charge in [0.1, 0.15) is 30.4 Å². The first-order valence-electron chi connectivity index (χ1n) is 18.0. The molecule has 0 spiro atoms. The molecule has 268 valence electrons. The van der Waals surface area contributed by atoms with Crippen molar-refractivity contribution in [3.63, 3.8) is 0 Å². The molecule has 0 bridgehead atoms. The summed E-state index contributed by atoms with van der Waals surface area (Å²) in [4.78, 5) is 52.6. The average molecular weight is 661 g/mol. The molecule has 0 fully saturated rings. The predicted molar refractivity (Wildman–Crippen MR) is 187 cm³/mol. The van der Waals surface area contributed by atoms with E-state index in [1.807, 2.05) is 58.0 Å². The second-order valence-corrected chi connectivity index (χ2v) is 14.2. The van der Waals surface area contributed by atoms with Crippen LogP contribution >= 0.6 is 0 Å². The van der Waals surface area contributed by atoms with Gasteiger partial charge in [0.05, 0.1) is 6.42 Å². The molecule has 0 aromatic heterocycles. The van der Waals surface area contributed by atoms with Crippen molar-refractivity contribution in [3.05, 3.63) is 35.9 Å². The molecule has 0 radical (unpaired) electrons. The predicted octanol–water partition coefficient (Wildman–Crippen LogP) is 8.42. The number of benzene rings is 1. The van der Waals surface area contributed by atoms with Gasteiger partial charge < -0.3 is 24.8 Å². The molecule has 2 amide bonds. The fourth-order valence-electron chi connectivity index (χ4n) is 5.18. The number of amides is 2. The highest BCUT2D eigenvalue weighted by molar-refractivity contribution is 5.90. The Morgan fingerprint density at radius 3 is 1.96 bits per heavy atom. The van der Waals surface area contributed by atoms with Crippen LogP contribution in [0.1, 0.15) is 144 Å². The largest absolute Gasteiger partial charge is 0.461 e. The number of hydrogen-bond acceptors (Lipinski definition) is 7. The van der Waals surface area contributed by atoms with Crippen molar-refractivity contribution < 1.29 is 33.4 Å². The van der Waals surface area contributed by atoms with Crippen LogP contribution in [0, 0.1) is 11.8 Å². The maximum Gasteiger partial charge on any atom is 0.408 e. The minimum absolute atomic E-state index is 0.0626. The minimum atomic E-state index is -0.950. The Bertz CT molecular complexity index is 1040. The SMILES string of the molecule is CCCCCCCCCCCC(CC(=O)OCc1ccccc1)OC(=O)[C@@H](NC(=O)[C@@H](CC(C)C)NC(=O)OC(C)(C)C)[C@@H](C)CC. The highest BCUT2D eigenvalue weighted by Crippen LogP contribution is 2.19. The average Bonchev–Trinajstić information content (AvgIpc) is 3.00. The van der Waals surface area contributed by atoms with Crippen molar-refractivity contribution >= 4 is 23.9 Å². The van der Waals surface area contributed by atoms with Crippen LogP contribution in [0.25, 0.3) is 0 Å². The number of hydrogen-bond donors (Lipinski definition) is 2. The molecule has 9 heteroatoms. The zero-order valence-electron chi connectivity index (χ0n) is 30.5. The minimum Gasteiger partial charge on any atom is -0.461 e. The summed E-state index contributed by atoms with van der Waals surface area (Å²) in [6.45, 7) is 15.3. The summed E-state index contributed by atoms with van der Waals surface area (Å²) in [5.74, 6) is -1.66. The van der Waals surface area contributed by atoms with E-state index in [-0.39, 0.29) is 24.9 Å². The number of rotatable bonds is 23. The van der Waals surface area contributed by atoms with Gasteiger partial charge in [-0.15, -0.1) is 0 Å². The highest BCUT2D eigenvalue weighted by atomic mass is 16.6. The maximum absolute atomic E-state index is 13.7. The number of unbranched alkanes of at least 4 members (excludes halogenated alkanes) is 8. The van der Waals surface area contributed by atoms with Crippen LogP contribution in [0.3, 0.4) is 0 Å². The van der Waals surface area contributed by atoms with Crippen molar-refractivity contribution in [3.8, 4) is 0 Å². The second kappa shape index (κ2) is 23.3. The Balaban J connectivity index is 2.95. The van der Waals surface area contributed by atoms with Gasteiger partial charge in [-0.2, -0.15) is 0 Å². The van der Waals surface area contributed by atoms with Crippen molar-refractivity contribution in [1.29, 1.82) is 0 Å². The van der Waals surface area contributed by atoms with E-state index in [0.29, 0.717) is 19.3 Å². The van der Waals surface area contributed by atoms with E-state index in [0.717, 1.165) is 24.8 Å². The van der Waals surface area contributed by atoms with Gasteiger partial charge in [-0.25, -0.2) is 9.59 Å². The van der Waals surface area contributed by atoms with E-state index in [1.54, 1.807) is 20.8 Å². The number of nitrogens with one attached hydrogen (secondary N) is 2. The maximum atomic E-state index is 13.7. The molecular formula is C38H64N2O7. The van der Waals surface area contributed by atoms with E-state index in [9.17, 15) is 19.2 Å². The molecule has 0 heterocycles. The molecule has 1 aromatic carbocycles. The fraction of sp³-hybridized carbons (Fsp3) is 0.737. The molecule has 1 unspecified atom stereocenters. The summed E-state index contributed by atoms with van der Waals surface area (Å²) in [5, 5.41) is 5.52. The third-order valence-corrected chi connectivity index (χ3v) is 8.03. The van der Waals surface area contributed by atoms with Crippen LogP contribution < -0.4 is 10.6 Å². The van der Waals surface area contributed by atoms with Crippen LogP contribution in [0.4, 0.5) is 4.79 Å². The van der Waals surface area contributed by atoms with E-state index >= 15 is 0 Å². The zero-order valence-corrected chi connectivity index (χ0v) is 30.5. The molecule has 9 nitrogen and oxygen atoms in total. The molecule has 0 aliphatic rings. The Hall–Kier alpha value is -3.10. The van der Waals surface area contributed by atoms with Crippen molar-refractivity contribution in [1.82, 2.24) is 10.6 Å². The third-order valence-electron chi connectivity index (χ3n) is 8.03. The first kappa shape index (κ1) is 41.9. The van der Waals surface area contributed by atoms with E-state index < -0.39 is 47.7 Å². The number of ether oxygens (including phenoxy) is 3. The molecule has 4 atom stereocenters. The molecule has 0 aliphatic carbocycles. The van der Waals surface area contributed by atoms with Gasteiger partial charge in [0.25, 0.3) is 0 Å². The molecular weight excluding hydrogens is 596 g/mol. The highest BCUT2D eigenvalue weighted by Gasteiger charge is 2.33. The van der Waals surface area contributed by atoms with Gasteiger partial charge in [0.15, 0.2) is 0 Å². The number of esters is 2. The van der Waals surface area contributed by atoms with Gasteiger partial charge >= 0.3 is 18.0 Å². The summed E-state index contributed by atoms with van der Waals surface area (Å²) >= 11 is 0. The summed E-state index contributed by atoms with van der Waals surface area (Å²) in [7, 11) is 0. The Morgan fingerprint density at radius 2 is 1.40 bits per heavy atom.